The quantitative estimate of drug-likeness (QED) is 0.812. The number of benzene rings is 2. The molecule has 1 aliphatic heterocycles. The van der Waals surface area contributed by atoms with Crippen LogP contribution in [0.5, 0.6) is 0 Å². The van der Waals surface area contributed by atoms with E-state index in [1.54, 1.807) is 0 Å². The van der Waals surface area contributed by atoms with Crippen molar-refractivity contribution in [2.24, 2.45) is 0 Å². The van der Waals surface area contributed by atoms with Crippen molar-refractivity contribution in [2.75, 3.05) is 13.7 Å². The number of carbonyl (C=O) groups excluding carboxylic acids is 2. The van der Waals surface area contributed by atoms with Gasteiger partial charge in [-0.2, -0.15) is 0 Å². The zero-order valence-corrected chi connectivity index (χ0v) is 14.0. The lowest BCUT2D eigenvalue weighted by Crippen LogP contribution is -2.48. The maximum atomic E-state index is 12.9. The lowest BCUT2D eigenvalue weighted by atomic mass is 9.74. The van der Waals surface area contributed by atoms with Crippen LogP contribution in [-0.2, 0) is 21.5 Å². The Bertz CT molecular complexity index is 756. The van der Waals surface area contributed by atoms with Crippen molar-refractivity contribution in [1.29, 1.82) is 0 Å². The average Bonchev–Trinajstić information content (AvgIpc) is 2.60. The van der Waals surface area contributed by atoms with E-state index in [2.05, 4.69) is 0 Å². The molecule has 2 aromatic rings. The zero-order chi connectivity index (χ0) is 17.2. The third kappa shape index (κ3) is 3.04. The molecule has 3 rings (SSSR count). The van der Waals surface area contributed by atoms with Crippen LogP contribution in [0.15, 0.2) is 54.6 Å². The molecule has 1 amide bonds. The number of rotatable bonds is 4. The largest absolute Gasteiger partial charge is 0.469 e. The van der Waals surface area contributed by atoms with Crippen molar-refractivity contribution in [1.82, 2.24) is 4.90 Å². The number of nitrogens with zero attached hydrogens (tertiary/aromatic N) is 1. The van der Waals surface area contributed by atoms with E-state index >= 15 is 0 Å². The fourth-order valence-electron chi connectivity index (χ4n) is 3.42. The number of hydrogen-bond acceptors (Lipinski definition) is 3. The molecule has 0 N–H and O–H groups in total. The van der Waals surface area contributed by atoms with Crippen molar-refractivity contribution in [3.63, 3.8) is 0 Å². The van der Waals surface area contributed by atoms with E-state index in [1.807, 2.05) is 66.4 Å². The van der Waals surface area contributed by atoms with Crippen LogP contribution in [0.1, 0.15) is 34.8 Å². The smallest absolute Gasteiger partial charge is 0.306 e. The summed E-state index contributed by atoms with van der Waals surface area (Å²) < 4.78 is 4.87. The molecule has 0 saturated heterocycles. The van der Waals surface area contributed by atoms with Crippen molar-refractivity contribution in [3.05, 3.63) is 71.3 Å². The molecule has 0 spiro atoms. The van der Waals surface area contributed by atoms with Gasteiger partial charge in [-0.05, 0) is 17.2 Å². The molecule has 2 aromatic carbocycles. The van der Waals surface area contributed by atoms with Crippen LogP contribution in [0, 0.1) is 0 Å². The Hall–Kier alpha value is -2.62. The summed E-state index contributed by atoms with van der Waals surface area (Å²) in [6.45, 7) is 3.05. The lowest BCUT2D eigenvalue weighted by molar-refractivity contribution is -0.142. The minimum atomic E-state index is -0.452. The highest BCUT2D eigenvalue weighted by Crippen LogP contribution is 2.37. The number of methoxy groups -OCH3 is 1. The molecule has 1 unspecified atom stereocenters. The van der Waals surface area contributed by atoms with E-state index in [0.29, 0.717) is 18.7 Å². The second-order valence-corrected chi connectivity index (χ2v) is 6.51. The summed E-state index contributed by atoms with van der Waals surface area (Å²) in [5.41, 5.74) is 2.22. The van der Waals surface area contributed by atoms with Crippen molar-refractivity contribution < 1.29 is 14.3 Å². The molecule has 0 aliphatic carbocycles. The monoisotopic (exact) mass is 323 g/mol. The summed E-state index contributed by atoms with van der Waals surface area (Å²) in [4.78, 5) is 26.6. The summed E-state index contributed by atoms with van der Waals surface area (Å²) in [5.74, 6) is -0.252. The number of carbonyl (C=O) groups is 2. The number of ether oxygens (including phenoxy) is 1. The van der Waals surface area contributed by atoms with Gasteiger partial charge in [-0.25, -0.2) is 0 Å². The Morgan fingerprint density at radius 1 is 1.12 bits per heavy atom. The van der Waals surface area contributed by atoms with Crippen molar-refractivity contribution in [2.45, 2.75) is 25.3 Å². The molecule has 0 radical (unpaired) electrons. The normalized spacial score (nSPS) is 19.8. The molecular weight excluding hydrogens is 302 g/mol. The van der Waals surface area contributed by atoms with E-state index < -0.39 is 5.41 Å². The van der Waals surface area contributed by atoms with Gasteiger partial charge in [0.15, 0.2) is 0 Å². The van der Waals surface area contributed by atoms with Crippen LogP contribution in [0.3, 0.4) is 0 Å². The number of amides is 1. The minimum Gasteiger partial charge on any atom is -0.469 e. The number of fused-ring (bicyclic) bond motifs is 1. The van der Waals surface area contributed by atoms with Crippen LogP contribution in [0.2, 0.25) is 0 Å². The molecule has 4 heteroatoms. The third-order valence-corrected chi connectivity index (χ3v) is 4.61. The fourth-order valence-corrected chi connectivity index (χ4v) is 3.42. The van der Waals surface area contributed by atoms with E-state index in [0.717, 1.165) is 11.1 Å². The van der Waals surface area contributed by atoms with Crippen molar-refractivity contribution >= 4 is 11.9 Å². The van der Waals surface area contributed by atoms with Gasteiger partial charge < -0.3 is 9.64 Å². The molecular formula is C20H21NO3. The summed E-state index contributed by atoms with van der Waals surface area (Å²) in [6.07, 6.45) is 0.249. The van der Waals surface area contributed by atoms with Gasteiger partial charge in [0.05, 0.1) is 13.5 Å². The van der Waals surface area contributed by atoms with Gasteiger partial charge in [0.1, 0.15) is 0 Å². The second kappa shape index (κ2) is 6.48. The van der Waals surface area contributed by atoms with E-state index in [1.165, 1.54) is 7.11 Å². The highest BCUT2D eigenvalue weighted by molar-refractivity contribution is 5.97. The van der Waals surface area contributed by atoms with Gasteiger partial charge in [0, 0.05) is 24.1 Å². The molecule has 0 bridgehead atoms. The molecule has 0 aromatic heterocycles. The Kier molecular flexibility index (Phi) is 4.38. The Labute approximate surface area is 142 Å². The highest BCUT2D eigenvalue weighted by atomic mass is 16.5. The lowest BCUT2D eigenvalue weighted by Gasteiger charge is -2.41. The van der Waals surface area contributed by atoms with Gasteiger partial charge in [-0.3, -0.25) is 9.59 Å². The van der Waals surface area contributed by atoms with Crippen LogP contribution in [0.25, 0.3) is 0 Å². The zero-order valence-electron chi connectivity index (χ0n) is 14.0. The predicted octanol–water partition coefficient (Wildman–Crippen LogP) is 3.16. The Morgan fingerprint density at radius 2 is 1.79 bits per heavy atom. The van der Waals surface area contributed by atoms with Crippen LogP contribution in [0.4, 0.5) is 0 Å². The first kappa shape index (κ1) is 16.2. The maximum Gasteiger partial charge on any atom is 0.306 e. The van der Waals surface area contributed by atoms with Crippen LogP contribution < -0.4 is 0 Å². The SMILES string of the molecule is COC(=O)CC1(C)CN(Cc2ccccc2)C(=O)c2ccccc21. The first-order valence-corrected chi connectivity index (χ1v) is 8.03. The molecule has 1 aliphatic rings. The van der Waals surface area contributed by atoms with E-state index in [4.69, 9.17) is 4.74 Å². The average molecular weight is 323 g/mol. The van der Waals surface area contributed by atoms with Crippen molar-refractivity contribution in [3.8, 4) is 0 Å². The third-order valence-electron chi connectivity index (χ3n) is 4.61. The summed E-state index contributed by atoms with van der Waals surface area (Å²) in [5, 5.41) is 0. The summed E-state index contributed by atoms with van der Waals surface area (Å²) in [6, 6.07) is 17.4. The molecule has 24 heavy (non-hydrogen) atoms. The van der Waals surface area contributed by atoms with Gasteiger partial charge in [-0.15, -0.1) is 0 Å². The predicted molar refractivity (Wildman–Crippen MR) is 91.6 cm³/mol. The van der Waals surface area contributed by atoms with Gasteiger partial charge >= 0.3 is 5.97 Å². The highest BCUT2D eigenvalue weighted by Gasteiger charge is 2.41. The minimum absolute atomic E-state index is 0.0109. The summed E-state index contributed by atoms with van der Waals surface area (Å²) in [7, 11) is 1.40. The van der Waals surface area contributed by atoms with Gasteiger partial charge in [0.2, 0.25) is 0 Å². The number of esters is 1. The molecule has 1 atom stereocenters. The van der Waals surface area contributed by atoms with Gasteiger partial charge in [-0.1, -0.05) is 55.5 Å². The first-order chi connectivity index (χ1) is 11.5. The maximum absolute atomic E-state index is 12.9. The Balaban J connectivity index is 1.97. The second-order valence-electron chi connectivity index (χ2n) is 6.51. The standard InChI is InChI=1S/C20H21NO3/c1-20(12-18(22)24-2)14-21(13-15-8-4-3-5-9-15)19(23)16-10-6-7-11-17(16)20/h3-11H,12-14H2,1-2H3. The van der Waals surface area contributed by atoms with Crippen LogP contribution in [-0.4, -0.2) is 30.4 Å². The Morgan fingerprint density at radius 3 is 2.50 bits per heavy atom. The van der Waals surface area contributed by atoms with E-state index in [-0.39, 0.29) is 18.3 Å². The van der Waals surface area contributed by atoms with Gasteiger partial charge in [0.25, 0.3) is 5.91 Å². The fraction of sp³-hybridized carbons (Fsp3) is 0.300. The topological polar surface area (TPSA) is 46.6 Å². The summed E-state index contributed by atoms with van der Waals surface area (Å²) >= 11 is 0. The molecule has 4 nitrogen and oxygen atoms in total. The molecule has 0 saturated carbocycles. The van der Waals surface area contributed by atoms with E-state index in [9.17, 15) is 9.59 Å². The molecule has 124 valence electrons. The van der Waals surface area contributed by atoms with Crippen LogP contribution >= 0.6 is 0 Å². The molecule has 0 fully saturated rings. The molecule has 1 heterocycles. The number of hydrogen-bond donors (Lipinski definition) is 0. The first-order valence-electron chi connectivity index (χ1n) is 8.03.